The number of nitrogens with one attached hydrogen (secondary N) is 3. The van der Waals surface area contributed by atoms with E-state index in [9.17, 15) is 14.4 Å². The summed E-state index contributed by atoms with van der Waals surface area (Å²) in [5.41, 5.74) is 0.653. The molecule has 1 aromatic rings. The number of urea groups is 1. The van der Waals surface area contributed by atoms with E-state index in [-0.39, 0.29) is 29.4 Å². The van der Waals surface area contributed by atoms with Gasteiger partial charge in [-0.3, -0.25) is 9.59 Å². The van der Waals surface area contributed by atoms with Gasteiger partial charge in [-0.05, 0) is 19.3 Å². The van der Waals surface area contributed by atoms with Gasteiger partial charge in [0.05, 0.1) is 12.5 Å². The van der Waals surface area contributed by atoms with Crippen molar-refractivity contribution in [3.05, 3.63) is 20.7 Å². The molecule has 1 aliphatic carbocycles. The summed E-state index contributed by atoms with van der Waals surface area (Å²) in [5.74, 6) is -1.17. The molecule has 2 atom stereocenters. The molecule has 7 nitrogen and oxygen atoms in total. The molecular weight excluding hydrogens is 270 g/mol. The van der Waals surface area contributed by atoms with E-state index >= 15 is 0 Å². The van der Waals surface area contributed by atoms with Crippen LogP contribution >= 0.6 is 11.3 Å². The number of amides is 2. The lowest BCUT2D eigenvalue weighted by Crippen LogP contribution is -2.41. The zero-order valence-electron chi connectivity index (χ0n) is 10.1. The second-order valence-electron chi connectivity index (χ2n) is 4.55. The van der Waals surface area contributed by atoms with Crippen LogP contribution in [0.2, 0.25) is 0 Å². The number of aromatic nitrogens is 1. The molecule has 4 N–H and O–H groups in total. The zero-order chi connectivity index (χ0) is 13.8. The Bertz CT molecular complexity index is 524. The standard InChI is InChI=1S/C11H15N3O4S/c15-9(16)6-1-2-7(3-6)13-10(17)12-4-8-5-19-11(18)14-8/h5-7H,1-4H2,(H,14,18)(H,15,16)(H2,12,13,17)/t6-,7+/m1/s1. The molecule has 104 valence electrons. The van der Waals surface area contributed by atoms with E-state index in [0.29, 0.717) is 25.0 Å². The number of carboxylic acids is 1. The van der Waals surface area contributed by atoms with Gasteiger partial charge in [-0.25, -0.2) is 4.79 Å². The Hall–Kier alpha value is -1.83. The van der Waals surface area contributed by atoms with Gasteiger partial charge in [0.15, 0.2) is 0 Å². The van der Waals surface area contributed by atoms with Crippen LogP contribution in [0.1, 0.15) is 25.0 Å². The Balaban J connectivity index is 1.73. The average molecular weight is 285 g/mol. The third kappa shape index (κ3) is 3.82. The summed E-state index contributed by atoms with van der Waals surface area (Å²) in [6, 6.07) is -0.439. The van der Waals surface area contributed by atoms with Gasteiger partial charge in [0.25, 0.3) is 0 Å². The number of rotatable bonds is 4. The lowest BCUT2D eigenvalue weighted by molar-refractivity contribution is -0.141. The fraction of sp³-hybridized carbons (Fsp3) is 0.545. The fourth-order valence-corrected chi connectivity index (χ4v) is 2.73. The Morgan fingerprint density at radius 2 is 2.26 bits per heavy atom. The molecule has 0 radical (unpaired) electrons. The van der Waals surface area contributed by atoms with Crippen molar-refractivity contribution in [3.63, 3.8) is 0 Å². The molecule has 1 saturated carbocycles. The third-order valence-corrected chi connectivity index (χ3v) is 3.85. The zero-order valence-corrected chi connectivity index (χ0v) is 11.0. The van der Waals surface area contributed by atoms with E-state index in [2.05, 4.69) is 15.6 Å². The first kappa shape index (κ1) is 13.6. The van der Waals surface area contributed by atoms with E-state index in [1.165, 1.54) is 0 Å². The van der Waals surface area contributed by atoms with E-state index in [1.807, 2.05) is 0 Å². The molecule has 8 heteroatoms. The highest BCUT2D eigenvalue weighted by Gasteiger charge is 2.30. The molecule has 19 heavy (non-hydrogen) atoms. The van der Waals surface area contributed by atoms with Crippen molar-refractivity contribution in [2.24, 2.45) is 5.92 Å². The molecule has 1 fully saturated rings. The van der Waals surface area contributed by atoms with Crippen LogP contribution in [-0.4, -0.2) is 28.1 Å². The number of carbonyl (C=O) groups is 2. The number of carbonyl (C=O) groups excluding carboxylic acids is 1. The summed E-state index contributed by atoms with van der Waals surface area (Å²) in [6.45, 7) is 0.250. The molecule has 0 spiro atoms. The van der Waals surface area contributed by atoms with Crippen LogP contribution in [-0.2, 0) is 11.3 Å². The third-order valence-electron chi connectivity index (χ3n) is 3.13. The summed E-state index contributed by atoms with van der Waals surface area (Å²) in [6.07, 6.45) is 1.75. The molecule has 0 saturated heterocycles. The molecule has 0 aromatic carbocycles. The highest BCUT2D eigenvalue weighted by atomic mass is 32.1. The number of aromatic amines is 1. The van der Waals surface area contributed by atoms with Gasteiger partial charge in [-0.2, -0.15) is 0 Å². The Morgan fingerprint density at radius 1 is 1.47 bits per heavy atom. The number of H-pyrrole nitrogens is 1. The minimum absolute atomic E-state index is 0.0948. The molecule has 2 amide bonds. The molecular formula is C11H15N3O4S. The van der Waals surface area contributed by atoms with Crippen molar-refractivity contribution in [3.8, 4) is 0 Å². The van der Waals surface area contributed by atoms with E-state index < -0.39 is 5.97 Å². The Labute approximate surface area is 113 Å². The highest BCUT2D eigenvalue weighted by molar-refractivity contribution is 7.07. The maximum Gasteiger partial charge on any atom is 0.315 e. The monoisotopic (exact) mass is 285 g/mol. The van der Waals surface area contributed by atoms with Crippen molar-refractivity contribution in [1.82, 2.24) is 15.6 Å². The van der Waals surface area contributed by atoms with Crippen LogP contribution in [0.15, 0.2) is 10.2 Å². The molecule has 1 heterocycles. The van der Waals surface area contributed by atoms with Gasteiger partial charge in [0.2, 0.25) is 0 Å². The molecule has 2 rings (SSSR count). The second-order valence-corrected chi connectivity index (χ2v) is 5.39. The quantitative estimate of drug-likeness (QED) is 0.645. The minimum atomic E-state index is -0.805. The molecule has 1 aromatic heterocycles. The number of hydrogen-bond donors (Lipinski definition) is 4. The molecule has 0 unspecified atom stereocenters. The summed E-state index contributed by atoms with van der Waals surface area (Å²) in [4.78, 5) is 35.7. The number of aliphatic carboxylic acids is 1. The lowest BCUT2D eigenvalue weighted by Gasteiger charge is -2.12. The smallest absolute Gasteiger partial charge is 0.315 e. The first-order valence-corrected chi connectivity index (χ1v) is 6.86. The summed E-state index contributed by atoms with van der Waals surface area (Å²) >= 11 is 1.04. The fourth-order valence-electron chi connectivity index (χ4n) is 2.15. The maximum atomic E-state index is 11.6. The highest BCUT2D eigenvalue weighted by Crippen LogP contribution is 2.25. The first-order chi connectivity index (χ1) is 9.04. The average Bonchev–Trinajstić information content (AvgIpc) is 2.96. The van der Waals surface area contributed by atoms with Crippen LogP contribution in [0.5, 0.6) is 0 Å². The summed E-state index contributed by atoms with van der Waals surface area (Å²) in [7, 11) is 0. The van der Waals surface area contributed by atoms with Crippen LogP contribution in [0.3, 0.4) is 0 Å². The topological polar surface area (TPSA) is 111 Å². The van der Waals surface area contributed by atoms with Gasteiger partial charge < -0.3 is 20.7 Å². The molecule has 1 aliphatic rings. The van der Waals surface area contributed by atoms with Crippen LogP contribution in [0.4, 0.5) is 4.79 Å². The lowest BCUT2D eigenvalue weighted by atomic mass is 10.1. The number of thiazole rings is 1. The predicted octanol–water partition coefficient (Wildman–Crippen LogP) is 0.489. The van der Waals surface area contributed by atoms with Crippen LogP contribution in [0, 0.1) is 5.92 Å². The van der Waals surface area contributed by atoms with Gasteiger partial charge in [0.1, 0.15) is 0 Å². The largest absolute Gasteiger partial charge is 0.481 e. The second kappa shape index (κ2) is 5.87. The molecule has 0 bridgehead atoms. The van der Waals surface area contributed by atoms with E-state index in [4.69, 9.17) is 5.11 Å². The summed E-state index contributed by atoms with van der Waals surface area (Å²) in [5, 5.41) is 15.9. The predicted molar refractivity (Wildman–Crippen MR) is 69.1 cm³/mol. The number of hydrogen-bond acceptors (Lipinski definition) is 4. The SMILES string of the molecule is O=C(NCc1csc(=O)[nH]1)N[C@H]1CC[C@@H](C(=O)O)C1. The van der Waals surface area contributed by atoms with Crippen molar-refractivity contribution in [2.75, 3.05) is 0 Å². The van der Waals surface area contributed by atoms with Crippen LogP contribution in [0.25, 0.3) is 0 Å². The Kier molecular flexibility index (Phi) is 4.20. The Morgan fingerprint density at radius 3 is 2.84 bits per heavy atom. The minimum Gasteiger partial charge on any atom is -0.481 e. The van der Waals surface area contributed by atoms with E-state index in [0.717, 1.165) is 11.3 Å². The van der Waals surface area contributed by atoms with Crippen molar-refractivity contribution >= 4 is 23.3 Å². The maximum absolute atomic E-state index is 11.6. The summed E-state index contributed by atoms with van der Waals surface area (Å²) < 4.78 is 0. The van der Waals surface area contributed by atoms with Gasteiger partial charge >= 0.3 is 16.9 Å². The van der Waals surface area contributed by atoms with Crippen molar-refractivity contribution in [1.29, 1.82) is 0 Å². The normalized spacial score (nSPS) is 22.1. The van der Waals surface area contributed by atoms with Crippen molar-refractivity contribution in [2.45, 2.75) is 31.8 Å². The van der Waals surface area contributed by atoms with Crippen LogP contribution < -0.4 is 15.5 Å². The van der Waals surface area contributed by atoms with Crippen molar-refractivity contribution < 1.29 is 14.7 Å². The first-order valence-electron chi connectivity index (χ1n) is 5.98. The van der Waals surface area contributed by atoms with Gasteiger partial charge in [-0.1, -0.05) is 11.3 Å². The van der Waals surface area contributed by atoms with E-state index in [1.54, 1.807) is 5.38 Å². The molecule has 0 aliphatic heterocycles. The van der Waals surface area contributed by atoms with Gasteiger partial charge in [-0.15, -0.1) is 0 Å². The van der Waals surface area contributed by atoms with Gasteiger partial charge in [0, 0.05) is 17.1 Å². The number of carboxylic acid groups (broad SMARTS) is 1.